The summed E-state index contributed by atoms with van der Waals surface area (Å²) in [4.78, 5) is 0. The van der Waals surface area contributed by atoms with E-state index in [1.54, 1.807) is 28.3 Å². The SMILES string of the molecule is CO[Si](CCC[N+](C)(C)C(C)O)(OC)OC. The zero-order valence-electron chi connectivity index (χ0n) is 11.3. The molecule has 1 N–H and O–H groups in total. The molecule has 0 saturated heterocycles. The molecule has 0 aliphatic heterocycles. The number of aliphatic hydroxyl groups excluding tert-OH is 1. The van der Waals surface area contributed by atoms with Crippen molar-refractivity contribution in [3.63, 3.8) is 0 Å². The van der Waals surface area contributed by atoms with Crippen molar-refractivity contribution in [2.45, 2.75) is 25.6 Å². The van der Waals surface area contributed by atoms with Gasteiger partial charge >= 0.3 is 8.80 Å². The molecule has 0 amide bonds. The minimum atomic E-state index is -2.44. The minimum Gasteiger partial charge on any atom is -0.377 e. The molecule has 0 aromatic carbocycles. The average Bonchev–Trinajstić information content (AvgIpc) is 2.25. The van der Waals surface area contributed by atoms with Crippen LogP contribution < -0.4 is 0 Å². The van der Waals surface area contributed by atoms with Crippen LogP contribution in [0.15, 0.2) is 0 Å². The summed E-state index contributed by atoms with van der Waals surface area (Å²) in [6.45, 7) is 2.66. The monoisotopic (exact) mass is 252 g/mol. The van der Waals surface area contributed by atoms with Gasteiger partial charge in [-0.05, 0) is 0 Å². The molecular formula is C10H26NO4Si+. The van der Waals surface area contributed by atoms with Gasteiger partial charge in [-0.25, -0.2) is 0 Å². The second-order valence-electron chi connectivity index (χ2n) is 4.53. The molecule has 1 unspecified atom stereocenters. The highest BCUT2D eigenvalue weighted by Crippen LogP contribution is 2.17. The molecule has 6 heteroatoms. The Kier molecular flexibility index (Phi) is 6.69. The normalized spacial score (nSPS) is 15.2. The molecule has 1 atom stereocenters. The summed E-state index contributed by atoms with van der Waals surface area (Å²) in [5.41, 5.74) is 0. The molecule has 16 heavy (non-hydrogen) atoms. The number of quaternary nitrogens is 1. The third-order valence-corrected chi connectivity index (χ3v) is 5.99. The lowest BCUT2D eigenvalue weighted by Gasteiger charge is -2.33. The number of hydrogen-bond donors (Lipinski definition) is 1. The topological polar surface area (TPSA) is 47.9 Å². The fraction of sp³-hybridized carbons (Fsp3) is 1.00. The first kappa shape index (κ1) is 16.0. The van der Waals surface area contributed by atoms with Crippen LogP contribution >= 0.6 is 0 Å². The van der Waals surface area contributed by atoms with Gasteiger partial charge in [0.1, 0.15) is 0 Å². The van der Waals surface area contributed by atoms with Crippen molar-refractivity contribution in [3.8, 4) is 0 Å². The lowest BCUT2D eigenvalue weighted by Crippen LogP contribution is -2.49. The zero-order chi connectivity index (χ0) is 12.8. The summed E-state index contributed by atoms with van der Waals surface area (Å²) >= 11 is 0. The second kappa shape index (κ2) is 6.68. The summed E-state index contributed by atoms with van der Waals surface area (Å²) in [5, 5.41) is 9.57. The smallest absolute Gasteiger partial charge is 0.377 e. The van der Waals surface area contributed by atoms with Crippen LogP contribution in [0.1, 0.15) is 13.3 Å². The maximum Gasteiger partial charge on any atom is 0.500 e. The summed E-state index contributed by atoms with van der Waals surface area (Å²) < 4.78 is 16.6. The Morgan fingerprint density at radius 2 is 1.56 bits per heavy atom. The summed E-state index contributed by atoms with van der Waals surface area (Å²) in [7, 11) is 6.41. The molecule has 0 aliphatic carbocycles. The molecule has 0 rings (SSSR count). The molecule has 5 nitrogen and oxygen atoms in total. The van der Waals surface area contributed by atoms with Crippen molar-refractivity contribution in [2.24, 2.45) is 0 Å². The Morgan fingerprint density at radius 3 is 1.88 bits per heavy atom. The van der Waals surface area contributed by atoms with Gasteiger partial charge in [0.25, 0.3) is 0 Å². The predicted molar refractivity (Wildman–Crippen MR) is 64.9 cm³/mol. The predicted octanol–water partition coefficient (Wildman–Crippen LogP) is 0.669. The highest BCUT2D eigenvalue weighted by Gasteiger charge is 2.38. The van der Waals surface area contributed by atoms with E-state index in [0.717, 1.165) is 19.0 Å². The summed E-state index contributed by atoms with van der Waals surface area (Å²) in [6.07, 6.45) is 0.531. The van der Waals surface area contributed by atoms with Crippen LogP contribution in [0.4, 0.5) is 0 Å². The second-order valence-corrected chi connectivity index (χ2v) is 7.62. The third kappa shape index (κ3) is 4.48. The number of nitrogens with zero attached hydrogens (tertiary/aromatic N) is 1. The molecule has 98 valence electrons. The zero-order valence-corrected chi connectivity index (χ0v) is 12.3. The number of aliphatic hydroxyl groups is 1. The Bertz CT molecular complexity index is 187. The van der Waals surface area contributed by atoms with E-state index in [1.807, 2.05) is 14.1 Å². The Balaban J connectivity index is 4.14. The lowest BCUT2D eigenvalue weighted by molar-refractivity contribution is -0.934. The van der Waals surface area contributed by atoms with Gasteiger partial charge in [0.15, 0.2) is 6.23 Å². The largest absolute Gasteiger partial charge is 0.500 e. The van der Waals surface area contributed by atoms with Gasteiger partial charge in [-0.2, -0.15) is 0 Å². The number of rotatable bonds is 8. The highest BCUT2D eigenvalue weighted by atomic mass is 28.4. The standard InChI is InChI=1S/C10H26NO4Si/c1-10(12)11(2,3)8-7-9-16(13-4,14-5)15-6/h10,12H,7-9H2,1-6H3/q+1. The molecule has 0 aromatic rings. The van der Waals surface area contributed by atoms with Crippen LogP contribution in [-0.4, -0.2) is 66.6 Å². The average molecular weight is 252 g/mol. The van der Waals surface area contributed by atoms with Gasteiger partial charge in [-0.15, -0.1) is 0 Å². The molecular weight excluding hydrogens is 226 g/mol. The van der Waals surface area contributed by atoms with Crippen LogP contribution in [0.25, 0.3) is 0 Å². The fourth-order valence-electron chi connectivity index (χ4n) is 1.45. The minimum absolute atomic E-state index is 0.372. The van der Waals surface area contributed by atoms with Crippen LogP contribution in [0.2, 0.25) is 6.04 Å². The first-order chi connectivity index (χ1) is 7.33. The first-order valence-corrected chi connectivity index (χ1v) is 7.43. The highest BCUT2D eigenvalue weighted by molar-refractivity contribution is 6.60. The molecule has 0 aliphatic rings. The van der Waals surface area contributed by atoms with E-state index in [0.29, 0.717) is 4.48 Å². The molecule has 0 radical (unpaired) electrons. The van der Waals surface area contributed by atoms with Crippen LogP contribution in [0, 0.1) is 0 Å². The van der Waals surface area contributed by atoms with Gasteiger partial charge < -0.3 is 22.9 Å². The quantitative estimate of drug-likeness (QED) is 0.392. The van der Waals surface area contributed by atoms with E-state index in [-0.39, 0.29) is 6.23 Å². The maximum absolute atomic E-state index is 9.57. The van der Waals surface area contributed by atoms with Crippen molar-refractivity contribution < 1.29 is 22.9 Å². The molecule has 0 bridgehead atoms. The van der Waals surface area contributed by atoms with E-state index < -0.39 is 8.80 Å². The maximum atomic E-state index is 9.57. The summed E-state index contributed by atoms with van der Waals surface area (Å²) in [6, 6.07) is 0.769. The molecule has 0 heterocycles. The lowest BCUT2D eigenvalue weighted by atomic mass is 10.3. The van der Waals surface area contributed by atoms with E-state index in [4.69, 9.17) is 13.3 Å². The van der Waals surface area contributed by atoms with Gasteiger partial charge in [0.2, 0.25) is 0 Å². The number of hydrogen-bond acceptors (Lipinski definition) is 4. The van der Waals surface area contributed by atoms with Gasteiger partial charge in [0, 0.05) is 40.7 Å². The van der Waals surface area contributed by atoms with Crippen molar-refractivity contribution in [2.75, 3.05) is 42.0 Å². The summed E-state index contributed by atoms with van der Waals surface area (Å²) in [5.74, 6) is 0. The van der Waals surface area contributed by atoms with Gasteiger partial charge in [-0.1, -0.05) is 0 Å². The van der Waals surface area contributed by atoms with Crippen molar-refractivity contribution in [1.29, 1.82) is 0 Å². The Hall–Kier alpha value is 0.0169. The Morgan fingerprint density at radius 1 is 1.12 bits per heavy atom. The Labute approximate surface area is 99.9 Å². The van der Waals surface area contributed by atoms with Gasteiger partial charge in [0.05, 0.1) is 20.6 Å². The molecule has 0 aromatic heterocycles. The molecule has 0 spiro atoms. The first-order valence-electron chi connectivity index (χ1n) is 5.50. The molecule has 0 fully saturated rings. The van der Waals surface area contributed by atoms with Crippen molar-refractivity contribution in [3.05, 3.63) is 0 Å². The fourth-order valence-corrected chi connectivity index (χ4v) is 3.15. The molecule has 0 saturated carbocycles. The van der Waals surface area contributed by atoms with Crippen LogP contribution in [-0.2, 0) is 13.3 Å². The van der Waals surface area contributed by atoms with Crippen molar-refractivity contribution >= 4 is 8.80 Å². The third-order valence-electron chi connectivity index (χ3n) is 3.16. The van der Waals surface area contributed by atoms with E-state index >= 15 is 0 Å². The van der Waals surface area contributed by atoms with Crippen LogP contribution in [0.5, 0.6) is 0 Å². The van der Waals surface area contributed by atoms with E-state index in [9.17, 15) is 5.11 Å². The van der Waals surface area contributed by atoms with Gasteiger partial charge in [-0.3, -0.25) is 0 Å². The van der Waals surface area contributed by atoms with Crippen LogP contribution in [0.3, 0.4) is 0 Å². The van der Waals surface area contributed by atoms with E-state index in [2.05, 4.69) is 0 Å². The van der Waals surface area contributed by atoms with E-state index in [1.165, 1.54) is 0 Å². The van der Waals surface area contributed by atoms with Crippen molar-refractivity contribution in [1.82, 2.24) is 0 Å².